The predicted octanol–water partition coefficient (Wildman–Crippen LogP) is 3.21. The Morgan fingerprint density at radius 2 is 2.00 bits per heavy atom. The lowest BCUT2D eigenvalue weighted by Gasteiger charge is -2.09. The Bertz CT molecular complexity index is 686. The lowest BCUT2D eigenvalue weighted by atomic mass is 10.2. The third-order valence-corrected chi connectivity index (χ3v) is 4.89. The number of thioether (sulfide) groups is 1. The molecule has 0 aliphatic rings. The fourth-order valence-electron chi connectivity index (χ4n) is 1.69. The lowest BCUT2D eigenvalue weighted by Crippen LogP contribution is -2.42. The number of carbonyl (C=O) groups excluding carboxylic acids is 2. The molecule has 0 bridgehead atoms. The average molecular weight is 383 g/mol. The molecule has 5 nitrogen and oxygen atoms in total. The summed E-state index contributed by atoms with van der Waals surface area (Å²) < 4.78 is 5.97. The third kappa shape index (κ3) is 4.38. The van der Waals surface area contributed by atoms with Gasteiger partial charge in [-0.25, -0.2) is 0 Å². The van der Waals surface area contributed by atoms with Crippen molar-refractivity contribution < 1.29 is 14.0 Å². The van der Waals surface area contributed by atoms with Crippen molar-refractivity contribution in [2.24, 2.45) is 0 Å². The smallest absolute Gasteiger partial charge is 0.305 e. The summed E-state index contributed by atoms with van der Waals surface area (Å²) in [7, 11) is 0. The molecule has 1 aromatic heterocycles. The Morgan fingerprint density at radius 3 is 2.68 bits per heavy atom. The van der Waals surface area contributed by atoms with E-state index in [0.29, 0.717) is 0 Å². The van der Waals surface area contributed by atoms with E-state index in [4.69, 9.17) is 4.42 Å². The first-order valence-corrected chi connectivity index (χ1v) is 8.27. The first-order valence-electron chi connectivity index (χ1n) is 6.49. The minimum absolute atomic E-state index is 0.146. The summed E-state index contributed by atoms with van der Waals surface area (Å²) in [6.07, 6.45) is 1.39. The second-order valence-electron chi connectivity index (χ2n) is 4.64. The standard InChI is InChI=1S/C15H15BrN2O3S/c1-9-7-13(10(2)6-11(9)16)22-8-14(19)17-18-15(20)12-4-3-5-21-12/h3-7H,8H2,1-2H3,(H,17,19)(H,18,20). The van der Waals surface area contributed by atoms with E-state index in [-0.39, 0.29) is 17.4 Å². The molecule has 7 heteroatoms. The largest absolute Gasteiger partial charge is 0.459 e. The van der Waals surface area contributed by atoms with Gasteiger partial charge in [-0.1, -0.05) is 15.9 Å². The molecule has 2 aromatic rings. The van der Waals surface area contributed by atoms with E-state index < -0.39 is 5.91 Å². The number of benzene rings is 1. The zero-order valence-electron chi connectivity index (χ0n) is 12.1. The van der Waals surface area contributed by atoms with Crippen LogP contribution in [0.4, 0.5) is 0 Å². The van der Waals surface area contributed by atoms with Crippen LogP contribution in [0.25, 0.3) is 0 Å². The Morgan fingerprint density at radius 1 is 1.23 bits per heavy atom. The van der Waals surface area contributed by atoms with E-state index >= 15 is 0 Å². The normalized spacial score (nSPS) is 10.3. The highest BCUT2D eigenvalue weighted by atomic mass is 79.9. The zero-order valence-corrected chi connectivity index (χ0v) is 14.5. The Labute approximate surface area is 140 Å². The van der Waals surface area contributed by atoms with Gasteiger partial charge in [-0.05, 0) is 49.2 Å². The molecule has 0 radical (unpaired) electrons. The minimum Gasteiger partial charge on any atom is -0.459 e. The van der Waals surface area contributed by atoms with Crippen LogP contribution in [0.5, 0.6) is 0 Å². The number of halogens is 1. The maximum absolute atomic E-state index is 11.8. The van der Waals surface area contributed by atoms with Gasteiger partial charge in [0.25, 0.3) is 0 Å². The van der Waals surface area contributed by atoms with Crippen LogP contribution >= 0.6 is 27.7 Å². The van der Waals surface area contributed by atoms with Crippen molar-refractivity contribution in [1.29, 1.82) is 0 Å². The number of furan rings is 1. The molecule has 0 saturated carbocycles. The molecule has 0 saturated heterocycles. The van der Waals surface area contributed by atoms with Gasteiger partial charge in [-0.3, -0.25) is 20.4 Å². The third-order valence-electron chi connectivity index (χ3n) is 2.88. The molecule has 0 unspecified atom stereocenters. The molecule has 0 aliphatic heterocycles. The van der Waals surface area contributed by atoms with Crippen molar-refractivity contribution in [3.8, 4) is 0 Å². The van der Waals surface area contributed by atoms with Crippen LogP contribution in [0.2, 0.25) is 0 Å². The lowest BCUT2D eigenvalue weighted by molar-refractivity contribution is -0.119. The Balaban J connectivity index is 1.83. The topological polar surface area (TPSA) is 71.3 Å². The van der Waals surface area contributed by atoms with Crippen LogP contribution in [-0.4, -0.2) is 17.6 Å². The number of hydrogen-bond acceptors (Lipinski definition) is 4. The fraction of sp³-hybridized carbons (Fsp3) is 0.200. The van der Waals surface area contributed by atoms with Crippen molar-refractivity contribution in [3.05, 3.63) is 51.9 Å². The van der Waals surface area contributed by atoms with Gasteiger partial charge < -0.3 is 4.42 Å². The van der Waals surface area contributed by atoms with Crippen molar-refractivity contribution in [2.45, 2.75) is 18.7 Å². The van der Waals surface area contributed by atoms with Gasteiger partial charge in [-0.2, -0.15) is 0 Å². The molecule has 116 valence electrons. The van der Waals surface area contributed by atoms with Crippen molar-refractivity contribution in [2.75, 3.05) is 5.75 Å². The maximum atomic E-state index is 11.8. The maximum Gasteiger partial charge on any atom is 0.305 e. The summed E-state index contributed by atoms with van der Waals surface area (Å²) in [6.45, 7) is 3.99. The van der Waals surface area contributed by atoms with Gasteiger partial charge in [0.1, 0.15) is 0 Å². The van der Waals surface area contributed by atoms with Gasteiger partial charge in [0.05, 0.1) is 12.0 Å². The number of carbonyl (C=O) groups is 2. The van der Waals surface area contributed by atoms with E-state index in [0.717, 1.165) is 20.5 Å². The molecule has 0 spiro atoms. The van der Waals surface area contributed by atoms with Crippen LogP contribution < -0.4 is 10.9 Å². The summed E-state index contributed by atoms with van der Waals surface area (Å²) in [6, 6.07) is 7.17. The number of aryl methyl sites for hydroxylation is 2. The van der Waals surface area contributed by atoms with Crippen LogP contribution in [0.1, 0.15) is 21.7 Å². The molecule has 0 fully saturated rings. The summed E-state index contributed by atoms with van der Waals surface area (Å²) >= 11 is 4.89. The molecule has 22 heavy (non-hydrogen) atoms. The van der Waals surface area contributed by atoms with Gasteiger partial charge in [0.2, 0.25) is 5.91 Å². The average Bonchev–Trinajstić information content (AvgIpc) is 3.01. The second kappa shape index (κ2) is 7.51. The molecule has 0 atom stereocenters. The first-order chi connectivity index (χ1) is 10.5. The van der Waals surface area contributed by atoms with E-state index in [2.05, 4.69) is 26.8 Å². The minimum atomic E-state index is -0.487. The summed E-state index contributed by atoms with van der Waals surface area (Å²) in [5.74, 6) is -0.420. The monoisotopic (exact) mass is 382 g/mol. The van der Waals surface area contributed by atoms with Crippen LogP contribution in [0, 0.1) is 13.8 Å². The van der Waals surface area contributed by atoms with Gasteiger partial charge in [0.15, 0.2) is 5.76 Å². The van der Waals surface area contributed by atoms with Crippen LogP contribution in [-0.2, 0) is 4.79 Å². The molecule has 2 amide bonds. The Hall–Kier alpha value is -1.73. The van der Waals surface area contributed by atoms with E-state index in [1.165, 1.54) is 24.1 Å². The number of hydrogen-bond donors (Lipinski definition) is 2. The first kappa shape index (κ1) is 16.6. The fourth-order valence-corrected chi connectivity index (χ4v) is 3.05. The molecule has 0 aliphatic carbocycles. The van der Waals surface area contributed by atoms with Gasteiger partial charge >= 0.3 is 5.91 Å². The molecular weight excluding hydrogens is 368 g/mol. The molecule has 2 rings (SSSR count). The second-order valence-corrected chi connectivity index (χ2v) is 6.51. The SMILES string of the molecule is Cc1cc(SCC(=O)NNC(=O)c2ccco2)c(C)cc1Br. The van der Waals surface area contributed by atoms with Crippen molar-refractivity contribution in [1.82, 2.24) is 10.9 Å². The van der Waals surface area contributed by atoms with E-state index in [9.17, 15) is 9.59 Å². The van der Waals surface area contributed by atoms with Crippen molar-refractivity contribution in [3.63, 3.8) is 0 Å². The molecule has 1 heterocycles. The van der Waals surface area contributed by atoms with E-state index in [1.807, 2.05) is 26.0 Å². The number of amides is 2. The highest BCUT2D eigenvalue weighted by molar-refractivity contribution is 9.10. The molecule has 1 aromatic carbocycles. The van der Waals surface area contributed by atoms with Gasteiger partial charge in [0, 0.05) is 9.37 Å². The summed E-state index contributed by atoms with van der Waals surface area (Å²) in [4.78, 5) is 24.4. The van der Waals surface area contributed by atoms with E-state index in [1.54, 1.807) is 6.07 Å². The number of nitrogens with one attached hydrogen (secondary N) is 2. The van der Waals surface area contributed by atoms with Gasteiger partial charge in [-0.15, -0.1) is 11.8 Å². The van der Waals surface area contributed by atoms with Crippen LogP contribution in [0.15, 0.2) is 44.3 Å². The zero-order chi connectivity index (χ0) is 16.1. The number of hydrazine groups is 1. The quantitative estimate of drug-likeness (QED) is 0.628. The summed E-state index contributed by atoms with van der Waals surface area (Å²) in [5.41, 5.74) is 6.86. The van der Waals surface area contributed by atoms with Crippen molar-refractivity contribution >= 4 is 39.5 Å². The number of rotatable bonds is 4. The predicted molar refractivity (Wildman–Crippen MR) is 88.7 cm³/mol. The molecule has 2 N–H and O–H groups in total. The highest BCUT2D eigenvalue weighted by Crippen LogP contribution is 2.28. The van der Waals surface area contributed by atoms with Crippen LogP contribution in [0.3, 0.4) is 0 Å². The molecular formula is C15H15BrN2O3S. The summed E-state index contributed by atoms with van der Waals surface area (Å²) in [5, 5.41) is 0. The Kier molecular flexibility index (Phi) is 5.68. The highest BCUT2D eigenvalue weighted by Gasteiger charge is 2.11.